The van der Waals surface area contributed by atoms with Crippen LogP contribution in [0.1, 0.15) is 21.7 Å². The molecule has 3 rings (SSSR count). The highest BCUT2D eigenvalue weighted by atomic mass is 16.2. The van der Waals surface area contributed by atoms with Gasteiger partial charge in [0.25, 0.3) is 11.5 Å². The Morgan fingerprint density at radius 2 is 1.83 bits per heavy atom. The summed E-state index contributed by atoms with van der Waals surface area (Å²) in [5, 5.41) is 2.79. The summed E-state index contributed by atoms with van der Waals surface area (Å²) in [7, 11) is 1.64. The molecule has 0 aliphatic rings. The predicted molar refractivity (Wildman–Crippen MR) is 92.7 cm³/mol. The third-order valence-electron chi connectivity index (χ3n) is 4.02. The van der Waals surface area contributed by atoms with E-state index in [2.05, 4.69) is 10.3 Å². The Bertz CT molecular complexity index is 952. The lowest BCUT2D eigenvalue weighted by Crippen LogP contribution is -2.19. The van der Waals surface area contributed by atoms with Crippen molar-refractivity contribution in [3.63, 3.8) is 0 Å². The molecule has 6 nitrogen and oxygen atoms in total. The lowest BCUT2D eigenvalue weighted by molar-refractivity contribution is 0.102. The smallest absolute Gasteiger partial charge is 0.255 e. The molecule has 122 valence electrons. The molecule has 1 aromatic carbocycles. The van der Waals surface area contributed by atoms with Gasteiger partial charge < -0.3 is 14.5 Å². The largest absolute Gasteiger partial charge is 0.322 e. The first-order valence-electron chi connectivity index (χ1n) is 7.55. The van der Waals surface area contributed by atoms with Crippen molar-refractivity contribution in [2.75, 3.05) is 5.32 Å². The highest BCUT2D eigenvalue weighted by molar-refractivity contribution is 6.04. The fourth-order valence-electron chi connectivity index (χ4n) is 2.36. The van der Waals surface area contributed by atoms with E-state index in [0.29, 0.717) is 11.3 Å². The van der Waals surface area contributed by atoms with E-state index in [1.54, 1.807) is 25.6 Å². The van der Waals surface area contributed by atoms with Crippen molar-refractivity contribution in [3.8, 4) is 5.69 Å². The average molecular weight is 322 g/mol. The zero-order chi connectivity index (χ0) is 17.3. The lowest BCUT2D eigenvalue weighted by Gasteiger charge is -2.09. The summed E-state index contributed by atoms with van der Waals surface area (Å²) in [6.45, 7) is 3.97. The van der Waals surface area contributed by atoms with Crippen LogP contribution in [0.15, 0.2) is 53.7 Å². The topological polar surface area (TPSA) is 68.9 Å². The number of imidazole rings is 1. The highest BCUT2D eigenvalue weighted by Crippen LogP contribution is 2.17. The molecule has 1 amide bonds. The number of aromatic nitrogens is 3. The Balaban J connectivity index is 1.79. The molecule has 24 heavy (non-hydrogen) atoms. The molecule has 6 heteroatoms. The molecule has 0 saturated carbocycles. The van der Waals surface area contributed by atoms with Crippen molar-refractivity contribution in [2.24, 2.45) is 7.05 Å². The number of nitrogens with one attached hydrogen (secondary N) is 1. The standard InChI is InChI=1S/C18H18N4O2/c1-12-13(2)22(11-19-12)16-6-4-15(5-7-16)20-18(24)14-8-9-21(3)17(23)10-14/h4-11H,1-3H3,(H,20,24). The van der Waals surface area contributed by atoms with Gasteiger partial charge in [-0.2, -0.15) is 0 Å². The van der Waals surface area contributed by atoms with Crippen LogP contribution in [0.5, 0.6) is 0 Å². The molecule has 0 unspecified atom stereocenters. The van der Waals surface area contributed by atoms with Gasteiger partial charge in [0, 0.05) is 41.9 Å². The zero-order valence-electron chi connectivity index (χ0n) is 13.8. The van der Waals surface area contributed by atoms with Crippen LogP contribution in [0.25, 0.3) is 5.69 Å². The number of amides is 1. The van der Waals surface area contributed by atoms with Gasteiger partial charge in [-0.3, -0.25) is 9.59 Å². The molecule has 0 radical (unpaired) electrons. The van der Waals surface area contributed by atoms with E-state index in [4.69, 9.17) is 0 Å². The molecule has 0 saturated heterocycles. The number of aryl methyl sites for hydroxylation is 2. The van der Waals surface area contributed by atoms with Crippen LogP contribution in [0.3, 0.4) is 0 Å². The molecule has 0 spiro atoms. The molecule has 1 N–H and O–H groups in total. The van der Waals surface area contributed by atoms with E-state index in [1.165, 1.54) is 10.6 Å². The molecule has 0 aliphatic carbocycles. The summed E-state index contributed by atoms with van der Waals surface area (Å²) in [6.07, 6.45) is 3.35. The summed E-state index contributed by atoms with van der Waals surface area (Å²) >= 11 is 0. The SMILES string of the molecule is Cc1ncn(-c2ccc(NC(=O)c3ccn(C)c(=O)c3)cc2)c1C. The van der Waals surface area contributed by atoms with E-state index in [1.807, 2.05) is 42.7 Å². The Morgan fingerprint density at radius 3 is 2.42 bits per heavy atom. The fraction of sp³-hybridized carbons (Fsp3) is 0.167. The predicted octanol–water partition coefficient (Wildman–Crippen LogP) is 2.44. The summed E-state index contributed by atoms with van der Waals surface area (Å²) in [5.74, 6) is -0.310. The van der Waals surface area contributed by atoms with Crippen LogP contribution >= 0.6 is 0 Å². The molecule has 0 bridgehead atoms. The first-order chi connectivity index (χ1) is 11.5. The first-order valence-corrected chi connectivity index (χ1v) is 7.55. The number of hydrogen-bond donors (Lipinski definition) is 1. The number of rotatable bonds is 3. The average Bonchev–Trinajstić information content (AvgIpc) is 2.90. The van der Waals surface area contributed by atoms with Gasteiger partial charge in [0.2, 0.25) is 0 Å². The number of carbonyl (C=O) groups is 1. The summed E-state index contributed by atoms with van der Waals surface area (Å²) < 4.78 is 3.41. The van der Waals surface area contributed by atoms with E-state index in [9.17, 15) is 9.59 Å². The quantitative estimate of drug-likeness (QED) is 0.805. The number of benzene rings is 1. The van der Waals surface area contributed by atoms with Crippen LogP contribution < -0.4 is 10.9 Å². The Kier molecular flexibility index (Phi) is 4.04. The van der Waals surface area contributed by atoms with Crippen molar-refractivity contribution in [2.45, 2.75) is 13.8 Å². The number of pyridine rings is 1. The van der Waals surface area contributed by atoms with E-state index in [0.717, 1.165) is 17.1 Å². The van der Waals surface area contributed by atoms with Gasteiger partial charge >= 0.3 is 0 Å². The maximum absolute atomic E-state index is 12.2. The van der Waals surface area contributed by atoms with Crippen LogP contribution in [0, 0.1) is 13.8 Å². The maximum Gasteiger partial charge on any atom is 0.255 e. The lowest BCUT2D eigenvalue weighted by atomic mass is 10.2. The third-order valence-corrected chi connectivity index (χ3v) is 4.02. The second kappa shape index (κ2) is 6.16. The molecule has 2 aromatic heterocycles. The highest BCUT2D eigenvalue weighted by Gasteiger charge is 2.08. The van der Waals surface area contributed by atoms with Crippen LogP contribution in [0.4, 0.5) is 5.69 Å². The van der Waals surface area contributed by atoms with E-state index >= 15 is 0 Å². The number of carbonyl (C=O) groups excluding carboxylic acids is 1. The van der Waals surface area contributed by atoms with Gasteiger partial charge in [-0.25, -0.2) is 4.98 Å². The molecule has 0 aliphatic heterocycles. The second-order valence-electron chi connectivity index (χ2n) is 5.65. The van der Waals surface area contributed by atoms with Crippen molar-refractivity contribution >= 4 is 11.6 Å². The van der Waals surface area contributed by atoms with Gasteiger partial charge in [-0.05, 0) is 44.2 Å². The van der Waals surface area contributed by atoms with Crippen LogP contribution in [-0.2, 0) is 7.05 Å². The third kappa shape index (κ3) is 2.99. The molecule has 2 heterocycles. The molecule has 3 aromatic rings. The Labute approximate surface area is 139 Å². The van der Waals surface area contributed by atoms with Gasteiger partial charge in [0.15, 0.2) is 0 Å². The minimum absolute atomic E-state index is 0.219. The summed E-state index contributed by atoms with van der Waals surface area (Å²) in [5.41, 5.74) is 3.82. The number of nitrogens with zero attached hydrogens (tertiary/aromatic N) is 3. The van der Waals surface area contributed by atoms with Gasteiger partial charge in [0.05, 0.1) is 12.0 Å². The molecular weight excluding hydrogens is 304 g/mol. The first kappa shape index (κ1) is 15.7. The van der Waals surface area contributed by atoms with Gasteiger partial charge in [-0.1, -0.05) is 0 Å². The zero-order valence-corrected chi connectivity index (χ0v) is 13.8. The Hall–Kier alpha value is -3.15. The normalized spacial score (nSPS) is 10.6. The van der Waals surface area contributed by atoms with Crippen molar-refractivity contribution < 1.29 is 4.79 Å². The van der Waals surface area contributed by atoms with Crippen molar-refractivity contribution in [3.05, 3.63) is 76.2 Å². The monoisotopic (exact) mass is 322 g/mol. The maximum atomic E-state index is 12.2. The van der Waals surface area contributed by atoms with Crippen molar-refractivity contribution in [1.82, 2.24) is 14.1 Å². The molecular formula is C18H18N4O2. The summed E-state index contributed by atoms with van der Waals surface area (Å²) in [4.78, 5) is 28.1. The fourth-order valence-corrected chi connectivity index (χ4v) is 2.36. The van der Waals surface area contributed by atoms with Gasteiger partial charge in [0.1, 0.15) is 0 Å². The minimum atomic E-state index is -0.310. The van der Waals surface area contributed by atoms with E-state index < -0.39 is 0 Å². The molecule has 0 atom stereocenters. The van der Waals surface area contributed by atoms with Crippen molar-refractivity contribution in [1.29, 1.82) is 0 Å². The van der Waals surface area contributed by atoms with Crippen LogP contribution in [0.2, 0.25) is 0 Å². The van der Waals surface area contributed by atoms with Gasteiger partial charge in [-0.15, -0.1) is 0 Å². The minimum Gasteiger partial charge on any atom is -0.322 e. The molecule has 0 fully saturated rings. The second-order valence-corrected chi connectivity index (χ2v) is 5.65. The summed E-state index contributed by atoms with van der Waals surface area (Å²) in [6, 6.07) is 10.4. The van der Waals surface area contributed by atoms with E-state index in [-0.39, 0.29) is 11.5 Å². The number of anilines is 1. The van der Waals surface area contributed by atoms with Crippen LogP contribution in [-0.4, -0.2) is 20.0 Å². The Morgan fingerprint density at radius 1 is 1.12 bits per heavy atom. The number of hydrogen-bond acceptors (Lipinski definition) is 3.